The van der Waals surface area contributed by atoms with Crippen molar-refractivity contribution in [2.45, 2.75) is 37.8 Å². The molecule has 4 heteroatoms. The van der Waals surface area contributed by atoms with Gasteiger partial charge in [-0.15, -0.1) is 0 Å². The summed E-state index contributed by atoms with van der Waals surface area (Å²) in [5, 5.41) is 9.89. The number of aryl methyl sites for hydroxylation is 1. The molecule has 1 unspecified atom stereocenters. The number of benzene rings is 1. The van der Waals surface area contributed by atoms with Crippen molar-refractivity contribution in [1.29, 1.82) is 0 Å². The lowest BCUT2D eigenvalue weighted by atomic mass is 9.93. The fourth-order valence-electron chi connectivity index (χ4n) is 2.82. The van der Waals surface area contributed by atoms with Gasteiger partial charge in [0.1, 0.15) is 0 Å². The van der Waals surface area contributed by atoms with Gasteiger partial charge in [0.2, 0.25) is 0 Å². The Morgan fingerprint density at radius 2 is 1.95 bits per heavy atom. The summed E-state index contributed by atoms with van der Waals surface area (Å²) in [4.78, 5) is 0. The average molecular weight is 277 g/mol. The van der Waals surface area contributed by atoms with Crippen molar-refractivity contribution < 1.29 is 13.9 Å². The molecule has 3 rings (SSSR count). The van der Waals surface area contributed by atoms with E-state index in [4.69, 9.17) is 0 Å². The van der Waals surface area contributed by atoms with Crippen molar-refractivity contribution in [3.8, 4) is 0 Å². The molecule has 1 N–H and O–H groups in total. The summed E-state index contributed by atoms with van der Waals surface area (Å²) in [5.41, 5.74) is 1.82. The number of aliphatic hydroxyl groups excluding tert-OH is 1. The minimum atomic E-state index is -2.91. The summed E-state index contributed by atoms with van der Waals surface area (Å²) in [6.45, 7) is -0.392. The van der Waals surface area contributed by atoms with E-state index in [1.54, 1.807) is 30.6 Å². The number of rotatable bonds is 3. The van der Waals surface area contributed by atoms with E-state index in [1.165, 1.54) is 16.7 Å². The minimum Gasteiger partial charge on any atom is -0.388 e. The smallest absolute Gasteiger partial charge is 0.290 e. The zero-order valence-electron chi connectivity index (χ0n) is 11.1. The fraction of sp³-hybridized carbons (Fsp3) is 0.375. The van der Waals surface area contributed by atoms with Gasteiger partial charge in [0.25, 0.3) is 5.92 Å². The summed E-state index contributed by atoms with van der Waals surface area (Å²) in [6.07, 6.45) is 5.38. The van der Waals surface area contributed by atoms with Gasteiger partial charge in [0.05, 0.1) is 12.6 Å². The molecule has 0 aliphatic heterocycles. The SMILES string of the molecule is OC1CCCc2cn(CC(F)(F)c3ccccc3)cc21. The quantitative estimate of drug-likeness (QED) is 0.910. The largest absolute Gasteiger partial charge is 0.388 e. The first-order valence-electron chi connectivity index (χ1n) is 6.86. The van der Waals surface area contributed by atoms with E-state index in [2.05, 4.69) is 0 Å². The van der Waals surface area contributed by atoms with Crippen LogP contribution in [-0.4, -0.2) is 9.67 Å². The van der Waals surface area contributed by atoms with Crippen LogP contribution < -0.4 is 0 Å². The van der Waals surface area contributed by atoms with Gasteiger partial charge in [-0.3, -0.25) is 0 Å². The Morgan fingerprint density at radius 3 is 2.65 bits per heavy atom. The number of alkyl halides is 2. The van der Waals surface area contributed by atoms with Crippen LogP contribution in [0.3, 0.4) is 0 Å². The van der Waals surface area contributed by atoms with E-state index in [0.717, 1.165) is 24.0 Å². The molecule has 0 amide bonds. The fourth-order valence-corrected chi connectivity index (χ4v) is 2.82. The first-order chi connectivity index (χ1) is 9.56. The molecular formula is C16H17F2NO. The molecular weight excluding hydrogens is 260 g/mol. The van der Waals surface area contributed by atoms with Crippen LogP contribution in [0.25, 0.3) is 0 Å². The highest BCUT2D eigenvalue weighted by atomic mass is 19.3. The Morgan fingerprint density at radius 1 is 1.20 bits per heavy atom. The number of nitrogens with zero attached hydrogens (tertiary/aromatic N) is 1. The maximum atomic E-state index is 14.2. The number of halogens is 2. The maximum Gasteiger partial charge on any atom is 0.290 e. The number of hydrogen-bond acceptors (Lipinski definition) is 1. The molecule has 0 radical (unpaired) electrons. The third kappa shape index (κ3) is 2.48. The summed E-state index contributed by atoms with van der Waals surface area (Å²) in [7, 11) is 0. The van der Waals surface area contributed by atoms with Gasteiger partial charge in [-0.25, -0.2) is 0 Å². The molecule has 0 bridgehead atoms. The zero-order valence-corrected chi connectivity index (χ0v) is 11.1. The standard InChI is InChI=1S/C16H17F2NO/c17-16(18,13-6-2-1-3-7-13)11-19-9-12-5-4-8-15(20)14(12)10-19/h1-3,6-7,9-10,15,20H,4-5,8,11H2. The average Bonchev–Trinajstić information content (AvgIpc) is 2.83. The second-order valence-corrected chi connectivity index (χ2v) is 5.39. The zero-order chi connectivity index (χ0) is 14.2. The van der Waals surface area contributed by atoms with E-state index < -0.39 is 18.6 Å². The number of fused-ring (bicyclic) bond motifs is 1. The molecule has 1 aliphatic rings. The van der Waals surface area contributed by atoms with E-state index in [1.807, 2.05) is 0 Å². The van der Waals surface area contributed by atoms with Gasteiger partial charge >= 0.3 is 0 Å². The second-order valence-electron chi connectivity index (χ2n) is 5.39. The normalized spacial score (nSPS) is 18.9. The van der Waals surface area contributed by atoms with Crippen LogP contribution in [0.4, 0.5) is 8.78 Å². The van der Waals surface area contributed by atoms with E-state index >= 15 is 0 Å². The van der Waals surface area contributed by atoms with Crippen LogP contribution in [0.5, 0.6) is 0 Å². The van der Waals surface area contributed by atoms with E-state index in [9.17, 15) is 13.9 Å². The summed E-state index contributed by atoms with van der Waals surface area (Å²) in [5.74, 6) is -2.91. The number of hydrogen-bond donors (Lipinski definition) is 1. The van der Waals surface area contributed by atoms with Gasteiger partial charge in [0.15, 0.2) is 0 Å². The van der Waals surface area contributed by atoms with E-state index in [-0.39, 0.29) is 5.56 Å². The predicted molar refractivity (Wildman–Crippen MR) is 72.7 cm³/mol. The molecule has 2 aromatic rings. The van der Waals surface area contributed by atoms with Crippen LogP contribution >= 0.6 is 0 Å². The van der Waals surface area contributed by atoms with Crippen LogP contribution in [-0.2, 0) is 18.9 Å². The third-order valence-corrected chi connectivity index (χ3v) is 3.86. The Bertz CT molecular complexity index is 592. The molecule has 0 saturated carbocycles. The molecule has 1 atom stereocenters. The molecule has 0 saturated heterocycles. The Labute approximate surface area is 116 Å². The van der Waals surface area contributed by atoms with Gasteiger partial charge in [-0.05, 0) is 24.8 Å². The van der Waals surface area contributed by atoms with Crippen molar-refractivity contribution >= 4 is 0 Å². The molecule has 1 aliphatic carbocycles. The van der Waals surface area contributed by atoms with Crippen molar-refractivity contribution in [2.75, 3.05) is 0 Å². The van der Waals surface area contributed by atoms with Crippen LogP contribution in [0.2, 0.25) is 0 Å². The Balaban J connectivity index is 1.84. The summed E-state index contributed by atoms with van der Waals surface area (Å²) >= 11 is 0. The summed E-state index contributed by atoms with van der Waals surface area (Å²) in [6, 6.07) is 7.85. The monoisotopic (exact) mass is 277 g/mol. The molecule has 2 nitrogen and oxygen atoms in total. The lowest BCUT2D eigenvalue weighted by molar-refractivity contribution is -0.0222. The lowest BCUT2D eigenvalue weighted by Crippen LogP contribution is -2.20. The first kappa shape index (κ1) is 13.3. The molecule has 1 aromatic heterocycles. The first-order valence-corrected chi connectivity index (χ1v) is 6.86. The second kappa shape index (κ2) is 5.02. The van der Waals surface area contributed by atoms with E-state index in [0.29, 0.717) is 6.42 Å². The molecule has 0 spiro atoms. The predicted octanol–water partition coefficient (Wildman–Crippen LogP) is 3.65. The van der Waals surface area contributed by atoms with Gasteiger partial charge in [-0.2, -0.15) is 8.78 Å². The lowest BCUT2D eigenvalue weighted by Gasteiger charge is -2.17. The number of aliphatic hydroxyl groups is 1. The van der Waals surface area contributed by atoms with Crippen LogP contribution in [0, 0.1) is 0 Å². The minimum absolute atomic E-state index is 0.0206. The molecule has 1 heterocycles. The van der Waals surface area contributed by atoms with Crippen LogP contribution in [0.1, 0.15) is 35.6 Å². The Kier molecular flexibility index (Phi) is 3.34. The van der Waals surface area contributed by atoms with Crippen molar-refractivity contribution in [3.05, 3.63) is 59.4 Å². The highest BCUT2D eigenvalue weighted by Crippen LogP contribution is 2.33. The van der Waals surface area contributed by atoms with Crippen molar-refractivity contribution in [1.82, 2.24) is 4.57 Å². The molecule has 0 fully saturated rings. The highest BCUT2D eigenvalue weighted by Gasteiger charge is 2.32. The van der Waals surface area contributed by atoms with Gasteiger partial charge < -0.3 is 9.67 Å². The summed E-state index contributed by atoms with van der Waals surface area (Å²) < 4.78 is 29.9. The van der Waals surface area contributed by atoms with Crippen molar-refractivity contribution in [3.63, 3.8) is 0 Å². The van der Waals surface area contributed by atoms with Crippen LogP contribution in [0.15, 0.2) is 42.7 Å². The molecule has 106 valence electrons. The molecule has 1 aromatic carbocycles. The number of aromatic nitrogens is 1. The Hall–Kier alpha value is -1.68. The highest BCUT2D eigenvalue weighted by molar-refractivity contribution is 5.29. The van der Waals surface area contributed by atoms with Gasteiger partial charge in [0, 0.05) is 23.5 Å². The third-order valence-electron chi connectivity index (χ3n) is 3.86. The topological polar surface area (TPSA) is 25.2 Å². The maximum absolute atomic E-state index is 14.2. The van der Waals surface area contributed by atoms with Gasteiger partial charge in [-0.1, -0.05) is 30.3 Å². The van der Waals surface area contributed by atoms with Crippen molar-refractivity contribution in [2.24, 2.45) is 0 Å². The molecule has 20 heavy (non-hydrogen) atoms.